The first-order chi connectivity index (χ1) is 8.61. The zero-order valence-corrected chi connectivity index (χ0v) is 9.48. The summed E-state index contributed by atoms with van der Waals surface area (Å²) in [6, 6.07) is 6.33. The van der Waals surface area contributed by atoms with E-state index < -0.39 is 12.2 Å². The average molecular weight is 248 g/mol. The van der Waals surface area contributed by atoms with Crippen LogP contribution in [0.25, 0.3) is 11.0 Å². The number of para-hydroxylation sites is 2. The minimum Gasteiger partial charge on any atom is -0.805 e. The fourth-order valence-electron chi connectivity index (χ4n) is 2.48. The van der Waals surface area contributed by atoms with Crippen LogP contribution in [0.3, 0.4) is 0 Å². The van der Waals surface area contributed by atoms with Gasteiger partial charge in [0.25, 0.3) is 11.2 Å². The van der Waals surface area contributed by atoms with Crippen LogP contribution in [0.2, 0.25) is 0 Å². The third-order valence-corrected chi connectivity index (χ3v) is 3.36. The molecule has 0 aliphatic heterocycles. The van der Waals surface area contributed by atoms with Gasteiger partial charge in [-0.15, -0.1) is 0 Å². The van der Waals surface area contributed by atoms with Gasteiger partial charge in [-0.05, 0) is 18.9 Å². The molecule has 18 heavy (non-hydrogen) atoms. The van der Waals surface area contributed by atoms with E-state index in [0.717, 1.165) is 0 Å². The van der Waals surface area contributed by atoms with Crippen LogP contribution in [0.15, 0.2) is 24.3 Å². The van der Waals surface area contributed by atoms with Crippen molar-refractivity contribution in [2.24, 2.45) is 0 Å². The Balaban J connectivity index is 2.50. The third kappa shape index (κ3) is 1.36. The highest BCUT2D eigenvalue weighted by Crippen LogP contribution is 2.34. The zero-order valence-electron chi connectivity index (χ0n) is 9.48. The molecule has 6 heteroatoms. The summed E-state index contributed by atoms with van der Waals surface area (Å²) in [5, 5.41) is 31.9. The summed E-state index contributed by atoms with van der Waals surface area (Å²) in [4.78, 5) is 12.2. The predicted molar refractivity (Wildman–Crippen MR) is 63.2 cm³/mol. The van der Waals surface area contributed by atoms with Crippen molar-refractivity contribution in [2.45, 2.75) is 25.0 Å². The maximum Gasteiger partial charge on any atom is 0.290 e. The molecule has 3 rings (SSSR count). The first-order valence-electron chi connectivity index (χ1n) is 5.75. The average Bonchev–Trinajstić information content (AvgIpc) is 2.38. The van der Waals surface area contributed by atoms with Gasteiger partial charge in [0.15, 0.2) is 0 Å². The quantitative estimate of drug-likeness (QED) is 0.673. The van der Waals surface area contributed by atoms with Gasteiger partial charge in [0.2, 0.25) is 0 Å². The van der Waals surface area contributed by atoms with E-state index >= 15 is 0 Å². The van der Waals surface area contributed by atoms with Gasteiger partial charge in [0, 0.05) is 11.0 Å². The molecule has 1 aliphatic carbocycles. The highest BCUT2D eigenvalue weighted by molar-refractivity contribution is 5.72. The Labute approximate surface area is 102 Å². The van der Waals surface area contributed by atoms with E-state index in [0.29, 0.717) is 9.16 Å². The Kier molecular flexibility index (Phi) is 2.36. The van der Waals surface area contributed by atoms with Crippen LogP contribution in [0, 0.1) is 10.1 Å². The van der Waals surface area contributed by atoms with E-state index in [1.807, 2.05) is 0 Å². The van der Waals surface area contributed by atoms with E-state index in [1.165, 1.54) is 12.1 Å². The molecule has 2 aromatic rings. The lowest BCUT2D eigenvalue weighted by atomic mass is 9.95. The number of rotatable bonds is 0. The van der Waals surface area contributed by atoms with E-state index in [9.17, 15) is 20.3 Å². The van der Waals surface area contributed by atoms with E-state index in [2.05, 4.69) is 0 Å². The summed E-state index contributed by atoms with van der Waals surface area (Å²) in [6.07, 6.45) is -1.47. The van der Waals surface area contributed by atoms with Crippen molar-refractivity contribution >= 4 is 11.0 Å². The maximum absolute atomic E-state index is 12.2. The summed E-state index contributed by atoms with van der Waals surface area (Å²) in [6.45, 7) is 0. The van der Waals surface area contributed by atoms with Crippen LogP contribution in [0.4, 0.5) is 0 Å². The largest absolute Gasteiger partial charge is 0.805 e. The van der Waals surface area contributed by atoms with Gasteiger partial charge in [-0.1, -0.05) is 12.1 Å². The topological polar surface area (TPSA) is 91.4 Å². The summed E-state index contributed by atoms with van der Waals surface area (Å²) < 4.78 is 1.10. The second-order valence-electron chi connectivity index (χ2n) is 4.46. The second-order valence-corrected chi connectivity index (χ2v) is 4.46. The number of nitrogens with zero attached hydrogens (tertiary/aromatic N) is 2. The third-order valence-electron chi connectivity index (χ3n) is 3.36. The fraction of sp³-hybridized carbons (Fsp3) is 0.333. The standard InChI is InChI=1S/C12H12N2O4/c15-9-5-6-10(16)12-11(9)13(17)7-3-1-2-4-8(7)14(12)18/h1-4,9-10,15-16H,5-6H2/t9-,10-/m0/s1. The summed E-state index contributed by atoms with van der Waals surface area (Å²) in [7, 11) is 0. The van der Waals surface area contributed by atoms with Gasteiger partial charge in [-0.2, -0.15) is 0 Å². The Morgan fingerprint density at radius 3 is 2.67 bits per heavy atom. The molecule has 1 heterocycles. The lowest BCUT2D eigenvalue weighted by molar-refractivity contribution is -0.484. The van der Waals surface area contributed by atoms with Crippen LogP contribution in [-0.2, 0) is 0 Å². The van der Waals surface area contributed by atoms with Gasteiger partial charge in [0.05, 0.1) is 4.43 Å². The van der Waals surface area contributed by atoms with E-state index in [1.54, 1.807) is 12.1 Å². The van der Waals surface area contributed by atoms with Gasteiger partial charge in [-0.3, -0.25) is 0 Å². The Morgan fingerprint density at radius 2 is 1.89 bits per heavy atom. The van der Waals surface area contributed by atoms with Crippen molar-refractivity contribution in [3.63, 3.8) is 0 Å². The molecule has 2 N–H and O–H groups in total. The Bertz CT molecular complexity index is 680. The minimum absolute atomic E-state index is 0.0394. The monoisotopic (exact) mass is 248 g/mol. The number of benzene rings is 1. The molecule has 94 valence electrons. The molecule has 6 nitrogen and oxygen atoms in total. The van der Waals surface area contributed by atoms with Crippen LogP contribution in [0.5, 0.6) is 0 Å². The number of hydrogen-bond acceptors (Lipinski definition) is 4. The predicted octanol–water partition coefficient (Wildman–Crippen LogP) is 0.762. The molecular formula is C12H12N2O4. The minimum atomic E-state index is -1.01. The van der Waals surface area contributed by atoms with Gasteiger partial charge < -0.3 is 20.2 Å². The normalized spacial score (nSPS) is 23.0. The molecule has 0 saturated heterocycles. The van der Waals surface area contributed by atoms with Crippen LogP contribution in [0.1, 0.15) is 36.4 Å². The second kappa shape index (κ2) is 3.79. The summed E-state index contributed by atoms with van der Waals surface area (Å²) >= 11 is 0. The van der Waals surface area contributed by atoms with Crippen molar-refractivity contribution in [3.8, 4) is 0 Å². The highest BCUT2D eigenvalue weighted by atomic mass is 16.5. The van der Waals surface area contributed by atoms with E-state index in [-0.39, 0.29) is 35.3 Å². The number of aliphatic hydroxyl groups excluding tert-OH is 2. The molecule has 0 saturated carbocycles. The lowest BCUT2D eigenvalue weighted by Crippen LogP contribution is -2.34. The summed E-state index contributed by atoms with van der Waals surface area (Å²) in [5.41, 5.74) is 0.309. The lowest BCUT2D eigenvalue weighted by Gasteiger charge is -2.27. The molecule has 0 spiro atoms. The number of aliphatic hydroxyl groups is 2. The molecular weight excluding hydrogens is 236 g/mol. The number of fused-ring (bicyclic) bond motifs is 2. The zero-order chi connectivity index (χ0) is 12.9. The number of hydrogen-bond donors (Lipinski definition) is 2. The van der Waals surface area contributed by atoms with Crippen LogP contribution < -0.4 is 4.43 Å². The summed E-state index contributed by atoms with van der Waals surface area (Å²) in [5.74, 6) is 0. The number of aromatic nitrogens is 2. The molecule has 1 aromatic carbocycles. The molecule has 1 aromatic heterocycles. The van der Waals surface area contributed by atoms with Crippen molar-refractivity contribution in [2.75, 3.05) is 0 Å². The molecule has 0 radical (unpaired) electrons. The van der Waals surface area contributed by atoms with E-state index in [4.69, 9.17) is 0 Å². The first kappa shape index (κ1) is 11.2. The SMILES string of the molecule is O=[n+]1c2c(n([O-])c3ccccc31)[C@@H](O)CC[C@@H]2O. The molecule has 0 fully saturated rings. The van der Waals surface area contributed by atoms with Crippen molar-refractivity contribution in [3.05, 3.63) is 45.8 Å². The smallest absolute Gasteiger partial charge is 0.290 e. The molecule has 0 bridgehead atoms. The van der Waals surface area contributed by atoms with Crippen molar-refractivity contribution in [1.29, 1.82) is 0 Å². The highest BCUT2D eigenvalue weighted by Gasteiger charge is 2.36. The molecule has 1 aliphatic rings. The fourth-order valence-corrected chi connectivity index (χ4v) is 2.48. The first-order valence-corrected chi connectivity index (χ1v) is 5.75. The van der Waals surface area contributed by atoms with Crippen molar-refractivity contribution in [1.82, 2.24) is 4.73 Å². The van der Waals surface area contributed by atoms with Gasteiger partial charge >= 0.3 is 0 Å². The van der Waals surface area contributed by atoms with Gasteiger partial charge in [0.1, 0.15) is 23.4 Å². The Morgan fingerprint density at radius 1 is 1.22 bits per heavy atom. The molecule has 2 atom stereocenters. The van der Waals surface area contributed by atoms with Gasteiger partial charge in [-0.25, -0.2) is 0 Å². The maximum atomic E-state index is 12.2. The molecule has 0 unspecified atom stereocenters. The Hall–Kier alpha value is -1.92. The van der Waals surface area contributed by atoms with Crippen LogP contribution >= 0.6 is 0 Å². The van der Waals surface area contributed by atoms with Crippen LogP contribution in [-0.4, -0.2) is 14.9 Å². The molecule has 0 amide bonds. The van der Waals surface area contributed by atoms with Crippen molar-refractivity contribution < 1.29 is 14.6 Å².